The average Bonchev–Trinajstić information content (AvgIpc) is 3.17. The van der Waals surface area contributed by atoms with Crippen molar-refractivity contribution in [3.05, 3.63) is 35.9 Å². The van der Waals surface area contributed by atoms with Gasteiger partial charge in [0.2, 0.25) is 11.8 Å². The highest BCUT2D eigenvalue weighted by Gasteiger charge is 2.49. The van der Waals surface area contributed by atoms with Crippen molar-refractivity contribution in [2.45, 2.75) is 76.0 Å². The van der Waals surface area contributed by atoms with Gasteiger partial charge in [0, 0.05) is 18.4 Å². The Bertz CT molecular complexity index is 708. The molecule has 3 aliphatic rings. The molecule has 1 aromatic carbocycles. The number of nitrogens with zero attached hydrogens (tertiary/aromatic N) is 1. The Morgan fingerprint density at radius 3 is 2.29 bits per heavy atom. The van der Waals surface area contributed by atoms with Crippen LogP contribution in [-0.2, 0) is 9.59 Å². The third-order valence-corrected chi connectivity index (χ3v) is 7.08. The van der Waals surface area contributed by atoms with Gasteiger partial charge in [-0.05, 0) is 44.6 Å². The number of benzene rings is 1. The molecule has 2 N–H and O–H groups in total. The number of hydrogen-bond acceptors (Lipinski definition) is 3. The lowest BCUT2D eigenvalue weighted by Gasteiger charge is -2.50. The summed E-state index contributed by atoms with van der Waals surface area (Å²) in [7, 11) is 0. The first kappa shape index (κ1) is 19.4. The molecule has 1 saturated heterocycles. The largest absolute Gasteiger partial charge is 0.388 e. The third-order valence-electron chi connectivity index (χ3n) is 7.08. The van der Waals surface area contributed by atoms with Crippen LogP contribution in [0.15, 0.2) is 30.3 Å². The summed E-state index contributed by atoms with van der Waals surface area (Å²) in [4.78, 5) is 28.1. The molecule has 2 saturated carbocycles. The highest BCUT2D eigenvalue weighted by Crippen LogP contribution is 2.40. The van der Waals surface area contributed by atoms with Crippen LogP contribution in [0.1, 0.15) is 69.9 Å². The van der Waals surface area contributed by atoms with Gasteiger partial charge < -0.3 is 15.3 Å². The van der Waals surface area contributed by atoms with Crippen molar-refractivity contribution >= 4 is 11.8 Å². The van der Waals surface area contributed by atoms with E-state index in [1.54, 1.807) is 6.92 Å². The Kier molecular flexibility index (Phi) is 5.46. The Labute approximate surface area is 167 Å². The molecule has 5 heteroatoms. The van der Waals surface area contributed by atoms with E-state index in [-0.39, 0.29) is 29.7 Å². The van der Waals surface area contributed by atoms with Crippen LogP contribution >= 0.6 is 0 Å². The number of aliphatic hydroxyl groups is 1. The molecule has 0 radical (unpaired) electrons. The number of piperidine rings is 1. The average molecular weight is 385 g/mol. The van der Waals surface area contributed by atoms with Crippen molar-refractivity contribution < 1.29 is 14.7 Å². The maximum absolute atomic E-state index is 13.2. The van der Waals surface area contributed by atoms with Gasteiger partial charge in [-0.2, -0.15) is 0 Å². The Morgan fingerprint density at radius 1 is 1.04 bits per heavy atom. The number of carbonyl (C=O) groups excluding carboxylic acids is 2. The van der Waals surface area contributed by atoms with E-state index in [1.807, 2.05) is 35.2 Å². The number of likely N-dealkylation sites (tertiary alicyclic amines) is 1. The summed E-state index contributed by atoms with van der Waals surface area (Å²) < 4.78 is 0. The second-order valence-electron chi connectivity index (χ2n) is 9.09. The van der Waals surface area contributed by atoms with E-state index in [0.29, 0.717) is 13.0 Å². The van der Waals surface area contributed by atoms with Gasteiger partial charge in [-0.15, -0.1) is 0 Å². The van der Waals surface area contributed by atoms with Crippen LogP contribution in [0.4, 0.5) is 0 Å². The number of rotatable bonds is 4. The first-order valence-electron chi connectivity index (χ1n) is 10.9. The molecule has 2 amide bonds. The minimum Gasteiger partial charge on any atom is -0.388 e. The quantitative estimate of drug-likeness (QED) is 0.838. The van der Waals surface area contributed by atoms with Gasteiger partial charge in [0.05, 0.1) is 17.7 Å². The van der Waals surface area contributed by atoms with Crippen molar-refractivity contribution in [2.75, 3.05) is 6.54 Å². The predicted octanol–water partition coefficient (Wildman–Crippen LogP) is 3.19. The predicted molar refractivity (Wildman–Crippen MR) is 107 cm³/mol. The lowest BCUT2D eigenvalue weighted by Crippen LogP contribution is -2.64. The normalized spacial score (nSPS) is 31.4. The fourth-order valence-corrected chi connectivity index (χ4v) is 5.01. The van der Waals surface area contributed by atoms with Gasteiger partial charge in [0.25, 0.3) is 0 Å². The summed E-state index contributed by atoms with van der Waals surface area (Å²) in [5.74, 6) is 0.336. The molecular weight excluding hydrogens is 352 g/mol. The molecule has 3 fully saturated rings. The molecule has 1 aliphatic heterocycles. The molecular formula is C23H32N2O3. The standard InChI is InChI=1S/C23H32N2O3/c1-23(28)14-15-25(22(27)18-12-7-13-18)19(16-8-3-2-4-9-16)20(23)24-21(26)17-10-5-6-11-17/h2-4,8-9,17-20,28H,5-7,10-15H2,1H3,(H,24,26). The lowest BCUT2D eigenvalue weighted by atomic mass is 9.77. The van der Waals surface area contributed by atoms with Crippen LogP contribution in [0.2, 0.25) is 0 Å². The second-order valence-corrected chi connectivity index (χ2v) is 9.09. The zero-order valence-electron chi connectivity index (χ0n) is 16.8. The van der Waals surface area contributed by atoms with E-state index in [9.17, 15) is 14.7 Å². The Balaban J connectivity index is 1.65. The van der Waals surface area contributed by atoms with E-state index >= 15 is 0 Å². The minimum absolute atomic E-state index is 0.0293. The van der Waals surface area contributed by atoms with Gasteiger partial charge in [-0.25, -0.2) is 0 Å². The molecule has 0 aromatic heterocycles. The van der Waals surface area contributed by atoms with Crippen molar-refractivity contribution in [1.82, 2.24) is 10.2 Å². The summed E-state index contributed by atoms with van der Waals surface area (Å²) in [5.41, 5.74) is -0.0718. The van der Waals surface area contributed by atoms with E-state index in [2.05, 4.69) is 5.32 Å². The van der Waals surface area contributed by atoms with Crippen LogP contribution < -0.4 is 5.32 Å². The smallest absolute Gasteiger partial charge is 0.226 e. The second kappa shape index (κ2) is 7.86. The highest BCUT2D eigenvalue weighted by atomic mass is 16.3. The summed E-state index contributed by atoms with van der Waals surface area (Å²) in [6.45, 7) is 2.32. The topological polar surface area (TPSA) is 69.6 Å². The van der Waals surface area contributed by atoms with E-state index < -0.39 is 11.6 Å². The fourth-order valence-electron chi connectivity index (χ4n) is 5.01. The number of nitrogens with one attached hydrogen (secondary N) is 1. The van der Waals surface area contributed by atoms with Crippen molar-refractivity contribution in [3.63, 3.8) is 0 Å². The van der Waals surface area contributed by atoms with Crippen LogP contribution in [-0.4, -0.2) is 40.0 Å². The summed E-state index contributed by atoms with van der Waals surface area (Å²) in [5, 5.41) is 14.4. The molecule has 0 bridgehead atoms. The molecule has 28 heavy (non-hydrogen) atoms. The zero-order valence-corrected chi connectivity index (χ0v) is 16.8. The third kappa shape index (κ3) is 3.69. The van der Waals surface area contributed by atoms with Gasteiger partial charge in [-0.1, -0.05) is 49.6 Å². The molecule has 1 heterocycles. The first-order valence-corrected chi connectivity index (χ1v) is 10.9. The van der Waals surface area contributed by atoms with Crippen LogP contribution in [0.25, 0.3) is 0 Å². The monoisotopic (exact) mass is 384 g/mol. The molecule has 5 nitrogen and oxygen atoms in total. The minimum atomic E-state index is -1.05. The number of carbonyl (C=O) groups is 2. The van der Waals surface area contributed by atoms with Gasteiger partial charge >= 0.3 is 0 Å². The van der Waals surface area contributed by atoms with Crippen molar-refractivity contribution in [2.24, 2.45) is 11.8 Å². The van der Waals surface area contributed by atoms with E-state index in [4.69, 9.17) is 0 Å². The summed E-state index contributed by atoms with van der Waals surface area (Å²) >= 11 is 0. The van der Waals surface area contributed by atoms with Crippen molar-refractivity contribution in [3.8, 4) is 0 Å². The maximum atomic E-state index is 13.2. The summed E-state index contributed by atoms with van der Waals surface area (Å²) in [6, 6.07) is 9.04. The highest BCUT2D eigenvalue weighted by molar-refractivity contribution is 5.82. The Morgan fingerprint density at radius 2 is 1.68 bits per heavy atom. The molecule has 3 unspecified atom stereocenters. The maximum Gasteiger partial charge on any atom is 0.226 e. The fraction of sp³-hybridized carbons (Fsp3) is 0.652. The molecule has 152 valence electrons. The summed E-state index contributed by atoms with van der Waals surface area (Å²) in [6.07, 6.45) is 7.51. The lowest BCUT2D eigenvalue weighted by molar-refractivity contribution is -0.152. The van der Waals surface area contributed by atoms with Crippen molar-refractivity contribution in [1.29, 1.82) is 0 Å². The number of amides is 2. The zero-order chi connectivity index (χ0) is 19.7. The number of hydrogen-bond donors (Lipinski definition) is 2. The van der Waals surface area contributed by atoms with Crippen LogP contribution in [0.3, 0.4) is 0 Å². The van der Waals surface area contributed by atoms with Crippen LogP contribution in [0, 0.1) is 11.8 Å². The molecule has 1 aromatic rings. The van der Waals surface area contributed by atoms with Crippen LogP contribution in [0.5, 0.6) is 0 Å². The van der Waals surface area contributed by atoms with Gasteiger partial charge in [0.1, 0.15) is 0 Å². The van der Waals surface area contributed by atoms with E-state index in [1.165, 1.54) is 0 Å². The first-order chi connectivity index (χ1) is 13.5. The molecule has 0 spiro atoms. The Hall–Kier alpha value is -1.88. The molecule has 2 aliphatic carbocycles. The SMILES string of the molecule is CC1(O)CCN(C(=O)C2CCC2)C(c2ccccc2)C1NC(=O)C1CCCC1. The van der Waals surface area contributed by atoms with E-state index in [0.717, 1.165) is 50.5 Å². The molecule has 4 rings (SSSR count). The molecule has 3 atom stereocenters. The van der Waals surface area contributed by atoms with Gasteiger partial charge in [0.15, 0.2) is 0 Å². The van der Waals surface area contributed by atoms with Gasteiger partial charge in [-0.3, -0.25) is 9.59 Å².